The largest absolute Gasteiger partial charge is 2.00 e. The minimum Gasteiger partial charge on any atom is -0.759 e. The molecule has 0 aliphatic carbocycles. The molecule has 1 N–H and O–H groups in total. The van der Waals surface area contributed by atoms with Gasteiger partial charge in [-0.15, -0.1) is 0 Å². The van der Waals surface area contributed by atoms with Gasteiger partial charge >= 0.3 is 25.4 Å². The summed E-state index contributed by atoms with van der Waals surface area (Å²) in [6.07, 6.45) is 2.84. The van der Waals surface area contributed by atoms with E-state index < -0.39 is 16.4 Å². The smallest absolute Gasteiger partial charge is 0.759 e. The SMILES string of the molecule is O=C(O)c1cccnc1.O=S(=O)([O-])[O-].[Zn+2]. The van der Waals surface area contributed by atoms with Crippen LogP contribution >= 0.6 is 0 Å². The molecular weight excluding hydrogens is 280 g/mol. The summed E-state index contributed by atoms with van der Waals surface area (Å²) in [7, 11) is -5.17. The molecule has 0 bridgehead atoms. The first-order valence-corrected chi connectivity index (χ1v) is 4.44. The van der Waals surface area contributed by atoms with Crippen molar-refractivity contribution in [3.63, 3.8) is 0 Å². The Balaban J connectivity index is 0. The zero-order valence-electron chi connectivity index (χ0n) is 7.36. The van der Waals surface area contributed by atoms with E-state index in [1.165, 1.54) is 18.5 Å². The van der Waals surface area contributed by atoms with Crippen LogP contribution in [0.25, 0.3) is 0 Å². The molecule has 1 aromatic heterocycles. The average molecular weight is 285 g/mol. The molecule has 0 unspecified atom stereocenters. The topological polar surface area (TPSA) is 130 Å². The molecule has 0 aliphatic heterocycles. The second-order valence-corrected chi connectivity index (χ2v) is 2.77. The summed E-state index contributed by atoms with van der Waals surface area (Å²) in [5.41, 5.74) is 0.220. The number of hydrogen-bond donors (Lipinski definition) is 1. The van der Waals surface area contributed by atoms with Crippen molar-refractivity contribution in [1.29, 1.82) is 0 Å². The zero-order chi connectivity index (χ0) is 11.2. The third-order valence-electron chi connectivity index (χ3n) is 0.908. The molecule has 15 heavy (non-hydrogen) atoms. The molecule has 1 heterocycles. The van der Waals surface area contributed by atoms with Crippen LogP contribution in [0.4, 0.5) is 0 Å². The summed E-state index contributed by atoms with van der Waals surface area (Å²) >= 11 is 0. The summed E-state index contributed by atoms with van der Waals surface area (Å²) in [4.78, 5) is 13.8. The third-order valence-corrected chi connectivity index (χ3v) is 0.908. The summed E-state index contributed by atoms with van der Waals surface area (Å²) in [5, 5.41) is 8.34. The molecule has 7 nitrogen and oxygen atoms in total. The van der Waals surface area contributed by atoms with Crippen molar-refractivity contribution in [2.24, 2.45) is 0 Å². The van der Waals surface area contributed by atoms with E-state index in [2.05, 4.69) is 4.98 Å². The molecule has 78 valence electrons. The molecule has 0 aliphatic rings. The minimum atomic E-state index is -5.17. The van der Waals surface area contributed by atoms with E-state index in [1.54, 1.807) is 6.07 Å². The second-order valence-electron chi connectivity index (χ2n) is 1.96. The molecule has 0 fully saturated rings. The number of carboxylic acid groups (broad SMARTS) is 1. The van der Waals surface area contributed by atoms with E-state index in [4.69, 9.17) is 22.6 Å². The van der Waals surface area contributed by atoms with Crippen LogP contribution in [0.1, 0.15) is 10.4 Å². The number of rotatable bonds is 1. The monoisotopic (exact) mass is 283 g/mol. The first-order valence-electron chi connectivity index (χ1n) is 3.10. The molecule has 1 aromatic rings. The van der Waals surface area contributed by atoms with Crippen LogP contribution in [-0.2, 0) is 29.9 Å². The third kappa shape index (κ3) is 13.1. The number of aromatic carboxylic acids is 1. The Morgan fingerprint density at radius 3 is 2.07 bits per heavy atom. The Morgan fingerprint density at radius 2 is 1.87 bits per heavy atom. The maximum Gasteiger partial charge on any atom is 2.00 e. The van der Waals surface area contributed by atoms with Crippen LogP contribution in [-0.4, -0.2) is 33.6 Å². The number of aromatic nitrogens is 1. The van der Waals surface area contributed by atoms with Crippen LogP contribution in [0.3, 0.4) is 0 Å². The van der Waals surface area contributed by atoms with Crippen molar-refractivity contribution < 1.29 is 46.9 Å². The maximum atomic E-state index is 10.2. The molecule has 0 radical (unpaired) electrons. The van der Waals surface area contributed by atoms with Gasteiger partial charge in [0.25, 0.3) is 0 Å². The molecule has 0 saturated heterocycles. The van der Waals surface area contributed by atoms with Gasteiger partial charge in [0.1, 0.15) is 0 Å². The predicted molar refractivity (Wildman–Crippen MR) is 41.7 cm³/mol. The minimum absolute atomic E-state index is 0. The van der Waals surface area contributed by atoms with Crippen LogP contribution in [0, 0.1) is 0 Å². The summed E-state index contributed by atoms with van der Waals surface area (Å²) in [6.45, 7) is 0. The predicted octanol–water partition coefficient (Wildman–Crippen LogP) is -0.561. The van der Waals surface area contributed by atoms with E-state index in [9.17, 15) is 4.79 Å². The number of nitrogens with zero attached hydrogens (tertiary/aromatic N) is 1. The van der Waals surface area contributed by atoms with Gasteiger partial charge in [0.15, 0.2) is 0 Å². The van der Waals surface area contributed by atoms with Crippen molar-refractivity contribution >= 4 is 16.4 Å². The Labute approximate surface area is 98.5 Å². The van der Waals surface area contributed by atoms with Gasteiger partial charge in [-0.2, -0.15) is 0 Å². The number of carbonyl (C=O) groups is 1. The van der Waals surface area contributed by atoms with Gasteiger partial charge in [0, 0.05) is 22.8 Å². The van der Waals surface area contributed by atoms with Gasteiger partial charge in [-0.3, -0.25) is 13.4 Å². The van der Waals surface area contributed by atoms with E-state index in [1.807, 2.05) is 0 Å². The van der Waals surface area contributed by atoms with Crippen LogP contribution < -0.4 is 0 Å². The van der Waals surface area contributed by atoms with Gasteiger partial charge in [-0.1, -0.05) is 0 Å². The van der Waals surface area contributed by atoms with Crippen molar-refractivity contribution in [1.82, 2.24) is 4.98 Å². The van der Waals surface area contributed by atoms with Crippen molar-refractivity contribution in [3.05, 3.63) is 30.1 Å². The van der Waals surface area contributed by atoms with Gasteiger partial charge in [0.05, 0.1) is 5.56 Å². The average Bonchev–Trinajstić information content (AvgIpc) is 2.03. The number of carboxylic acids is 1. The molecule has 9 heteroatoms. The molecule has 0 amide bonds. The van der Waals surface area contributed by atoms with E-state index >= 15 is 0 Å². The zero-order valence-corrected chi connectivity index (χ0v) is 11.1. The molecule has 0 aromatic carbocycles. The first kappa shape index (κ1) is 16.5. The number of pyridine rings is 1. The Morgan fingerprint density at radius 1 is 1.40 bits per heavy atom. The molecule has 1 rings (SSSR count). The van der Waals surface area contributed by atoms with E-state index in [0.29, 0.717) is 0 Å². The quantitative estimate of drug-likeness (QED) is 0.415. The standard InChI is InChI=1S/C6H5NO2.H2O4S.Zn/c8-6(9)5-2-1-3-7-4-5;1-5(2,3)4;/h1-4H,(H,8,9);(H2,1,2,3,4);/q;;+2/p-2. The first-order chi connectivity index (χ1) is 6.30. The molecule has 0 saturated carbocycles. The Bertz CT molecular complexity index is 383. The number of hydrogen-bond acceptors (Lipinski definition) is 6. The Kier molecular flexibility index (Phi) is 8.17. The van der Waals surface area contributed by atoms with Crippen LogP contribution in [0.15, 0.2) is 24.5 Å². The van der Waals surface area contributed by atoms with Crippen molar-refractivity contribution in [2.75, 3.05) is 0 Å². The summed E-state index contributed by atoms with van der Waals surface area (Å²) in [5.74, 6) is -0.942. The van der Waals surface area contributed by atoms with E-state index in [0.717, 1.165) is 0 Å². The van der Waals surface area contributed by atoms with Crippen molar-refractivity contribution in [2.45, 2.75) is 0 Å². The van der Waals surface area contributed by atoms with Crippen molar-refractivity contribution in [3.8, 4) is 0 Å². The van der Waals surface area contributed by atoms with Gasteiger partial charge in [0.2, 0.25) is 0 Å². The van der Waals surface area contributed by atoms with Crippen LogP contribution in [0.5, 0.6) is 0 Å². The van der Waals surface area contributed by atoms with Gasteiger partial charge < -0.3 is 14.2 Å². The van der Waals surface area contributed by atoms with Gasteiger partial charge in [-0.25, -0.2) is 4.79 Å². The van der Waals surface area contributed by atoms with Crippen LogP contribution in [0.2, 0.25) is 0 Å². The fourth-order valence-corrected chi connectivity index (χ4v) is 0.489. The van der Waals surface area contributed by atoms with Gasteiger partial charge in [-0.05, 0) is 12.1 Å². The Hall–Kier alpha value is -0.887. The second kappa shape index (κ2) is 7.41. The summed E-state index contributed by atoms with van der Waals surface area (Å²) < 4.78 is 34.1. The normalized spacial score (nSPS) is 9.20. The van der Waals surface area contributed by atoms with E-state index in [-0.39, 0.29) is 25.0 Å². The fraction of sp³-hybridized carbons (Fsp3) is 0. The summed E-state index contributed by atoms with van der Waals surface area (Å²) in [6, 6.07) is 3.08. The maximum absolute atomic E-state index is 10.2. The molecular formula is C6H5NO6SZn. The fourth-order valence-electron chi connectivity index (χ4n) is 0.489. The molecule has 0 atom stereocenters. The molecule has 0 spiro atoms.